The summed E-state index contributed by atoms with van der Waals surface area (Å²) in [6.45, 7) is 13.2. The monoisotopic (exact) mass is 348 g/mol. The summed E-state index contributed by atoms with van der Waals surface area (Å²) in [5, 5.41) is 13.2. The molecule has 0 bridgehead atoms. The predicted octanol–water partition coefficient (Wildman–Crippen LogP) is 3.85. The first-order chi connectivity index (χ1) is 9.49. The maximum Gasteiger partial charge on any atom is 0.116 e. The van der Waals surface area contributed by atoms with Crippen molar-refractivity contribution < 1.29 is 5.11 Å². The van der Waals surface area contributed by atoms with Crippen molar-refractivity contribution in [3.63, 3.8) is 0 Å². The lowest BCUT2D eigenvalue weighted by molar-refractivity contribution is 0.153. The van der Waals surface area contributed by atoms with Crippen molar-refractivity contribution in [3.05, 3.63) is 28.8 Å². The molecule has 0 aliphatic carbocycles. The quantitative estimate of drug-likeness (QED) is 0.867. The number of halogens is 2. The Hall–Kier alpha value is -0.480. The molecule has 1 heterocycles. The van der Waals surface area contributed by atoms with Crippen LogP contribution in [0.25, 0.3) is 0 Å². The van der Waals surface area contributed by atoms with Crippen LogP contribution in [-0.4, -0.2) is 36.2 Å². The molecule has 1 aromatic carbocycles. The Morgan fingerprint density at radius 3 is 2.05 bits per heavy atom. The normalized spacial score (nSPS) is 16.8. The maximum atomic E-state index is 9.77. The molecule has 1 saturated heterocycles. The van der Waals surface area contributed by atoms with E-state index >= 15 is 0 Å². The van der Waals surface area contributed by atoms with Gasteiger partial charge in [-0.25, -0.2) is 0 Å². The van der Waals surface area contributed by atoms with E-state index in [9.17, 15) is 5.11 Å². The van der Waals surface area contributed by atoms with Gasteiger partial charge in [0.05, 0.1) is 0 Å². The molecule has 0 amide bonds. The molecular formula is C17H30Cl2N2O. The third-order valence-electron chi connectivity index (χ3n) is 4.20. The van der Waals surface area contributed by atoms with Crippen molar-refractivity contribution in [3.8, 4) is 5.75 Å². The largest absolute Gasteiger partial charge is 0.508 e. The highest BCUT2D eigenvalue weighted by molar-refractivity contribution is 5.85. The summed E-state index contributed by atoms with van der Waals surface area (Å²) in [5.74, 6) is 1.05. The van der Waals surface area contributed by atoms with E-state index in [4.69, 9.17) is 0 Å². The predicted molar refractivity (Wildman–Crippen MR) is 98.7 cm³/mol. The lowest BCUT2D eigenvalue weighted by atomic mass is 9.89. The van der Waals surface area contributed by atoms with Crippen LogP contribution in [0, 0.1) is 19.8 Å². The van der Waals surface area contributed by atoms with Gasteiger partial charge >= 0.3 is 0 Å². The number of piperazine rings is 1. The first-order valence-corrected chi connectivity index (χ1v) is 7.74. The minimum Gasteiger partial charge on any atom is -0.508 e. The average Bonchev–Trinajstić information content (AvgIpc) is 2.37. The molecule has 128 valence electrons. The highest BCUT2D eigenvalue weighted by atomic mass is 35.5. The van der Waals surface area contributed by atoms with Crippen LogP contribution < -0.4 is 5.32 Å². The van der Waals surface area contributed by atoms with E-state index in [0.717, 1.165) is 26.2 Å². The number of benzene rings is 1. The van der Waals surface area contributed by atoms with Gasteiger partial charge in [0.15, 0.2) is 0 Å². The zero-order valence-electron chi connectivity index (χ0n) is 14.1. The molecule has 3 nitrogen and oxygen atoms in total. The van der Waals surface area contributed by atoms with Crippen LogP contribution in [0.1, 0.15) is 43.0 Å². The fourth-order valence-electron chi connectivity index (χ4n) is 3.37. The number of rotatable bonds is 4. The molecule has 1 atom stereocenters. The zero-order valence-corrected chi connectivity index (χ0v) is 15.7. The van der Waals surface area contributed by atoms with Gasteiger partial charge in [0.25, 0.3) is 0 Å². The summed E-state index contributed by atoms with van der Waals surface area (Å²) in [6.07, 6.45) is 1.17. The van der Waals surface area contributed by atoms with Crippen LogP contribution in [0.2, 0.25) is 0 Å². The van der Waals surface area contributed by atoms with Gasteiger partial charge < -0.3 is 10.4 Å². The van der Waals surface area contributed by atoms with Gasteiger partial charge in [-0.2, -0.15) is 0 Å². The Balaban J connectivity index is 0.00000220. The van der Waals surface area contributed by atoms with Gasteiger partial charge in [-0.3, -0.25) is 4.90 Å². The van der Waals surface area contributed by atoms with E-state index in [2.05, 4.69) is 37.9 Å². The van der Waals surface area contributed by atoms with Crippen molar-refractivity contribution in [2.24, 2.45) is 5.92 Å². The summed E-state index contributed by atoms with van der Waals surface area (Å²) >= 11 is 0. The van der Waals surface area contributed by atoms with Crippen molar-refractivity contribution in [2.75, 3.05) is 26.2 Å². The van der Waals surface area contributed by atoms with Gasteiger partial charge in [-0.15, -0.1) is 24.8 Å². The SMILES string of the molecule is Cc1cc(O)cc(C)c1[C@H](CC(C)C)N1CCNCC1.Cl.Cl. The first-order valence-electron chi connectivity index (χ1n) is 7.74. The highest BCUT2D eigenvalue weighted by Gasteiger charge is 2.25. The summed E-state index contributed by atoms with van der Waals surface area (Å²) in [6, 6.07) is 4.27. The van der Waals surface area contributed by atoms with Gasteiger partial charge in [-0.1, -0.05) is 13.8 Å². The van der Waals surface area contributed by atoms with Crippen LogP contribution in [0.5, 0.6) is 5.75 Å². The second-order valence-corrected chi connectivity index (χ2v) is 6.42. The van der Waals surface area contributed by atoms with E-state index in [1.807, 2.05) is 12.1 Å². The van der Waals surface area contributed by atoms with Gasteiger partial charge in [-0.05, 0) is 55.0 Å². The summed E-state index contributed by atoms with van der Waals surface area (Å²) in [4.78, 5) is 2.60. The second-order valence-electron chi connectivity index (χ2n) is 6.42. The fourth-order valence-corrected chi connectivity index (χ4v) is 3.37. The van der Waals surface area contributed by atoms with Crippen LogP contribution in [0.3, 0.4) is 0 Å². The molecule has 0 radical (unpaired) electrons. The Bertz CT molecular complexity index is 437. The average molecular weight is 349 g/mol. The van der Waals surface area contributed by atoms with E-state index in [-0.39, 0.29) is 24.8 Å². The van der Waals surface area contributed by atoms with E-state index < -0.39 is 0 Å². The van der Waals surface area contributed by atoms with Gasteiger partial charge in [0.2, 0.25) is 0 Å². The van der Waals surface area contributed by atoms with Crippen LogP contribution >= 0.6 is 24.8 Å². The third kappa shape index (κ3) is 5.31. The molecule has 0 saturated carbocycles. The second kappa shape index (κ2) is 9.61. The van der Waals surface area contributed by atoms with E-state index in [1.54, 1.807) is 0 Å². The summed E-state index contributed by atoms with van der Waals surface area (Å²) in [7, 11) is 0. The summed E-state index contributed by atoms with van der Waals surface area (Å²) in [5.41, 5.74) is 3.84. The topological polar surface area (TPSA) is 35.5 Å². The molecule has 1 aliphatic heterocycles. The highest BCUT2D eigenvalue weighted by Crippen LogP contribution is 2.34. The minimum atomic E-state index is 0. The molecule has 22 heavy (non-hydrogen) atoms. The Kier molecular flexibility index (Phi) is 9.40. The van der Waals surface area contributed by atoms with Crippen molar-refractivity contribution in [1.82, 2.24) is 10.2 Å². The van der Waals surface area contributed by atoms with Crippen molar-refractivity contribution in [2.45, 2.75) is 40.2 Å². The fraction of sp³-hybridized carbons (Fsp3) is 0.647. The number of phenolic OH excluding ortho intramolecular Hbond substituents is 1. The number of phenols is 1. The number of nitrogens with zero attached hydrogens (tertiary/aromatic N) is 1. The lowest BCUT2D eigenvalue weighted by Crippen LogP contribution is -2.45. The number of aryl methyl sites for hydroxylation is 2. The molecule has 1 aromatic rings. The Morgan fingerprint density at radius 1 is 1.09 bits per heavy atom. The van der Waals surface area contributed by atoms with E-state index in [1.165, 1.54) is 23.1 Å². The van der Waals surface area contributed by atoms with Crippen LogP contribution in [0.4, 0.5) is 0 Å². The Morgan fingerprint density at radius 2 is 1.59 bits per heavy atom. The maximum absolute atomic E-state index is 9.77. The molecule has 1 fully saturated rings. The summed E-state index contributed by atoms with van der Waals surface area (Å²) < 4.78 is 0. The number of hydrogen-bond donors (Lipinski definition) is 2. The minimum absolute atomic E-state index is 0. The molecule has 0 unspecified atom stereocenters. The van der Waals surface area contributed by atoms with Crippen LogP contribution in [-0.2, 0) is 0 Å². The van der Waals surface area contributed by atoms with Crippen molar-refractivity contribution >= 4 is 24.8 Å². The lowest BCUT2D eigenvalue weighted by Gasteiger charge is -2.37. The van der Waals surface area contributed by atoms with Crippen molar-refractivity contribution in [1.29, 1.82) is 0 Å². The number of aromatic hydroxyl groups is 1. The molecule has 5 heteroatoms. The third-order valence-corrected chi connectivity index (χ3v) is 4.20. The van der Waals surface area contributed by atoms with Gasteiger partial charge in [0, 0.05) is 32.2 Å². The standard InChI is InChI=1S/C17H28N2O.2ClH/c1-12(2)9-16(19-7-5-18-6-8-19)17-13(3)10-15(20)11-14(17)4;;/h10-12,16,18,20H,5-9H2,1-4H3;2*1H/t16-;;/m0../s1. The Labute approximate surface area is 147 Å². The smallest absolute Gasteiger partial charge is 0.116 e. The van der Waals surface area contributed by atoms with Crippen LogP contribution in [0.15, 0.2) is 12.1 Å². The molecule has 0 aromatic heterocycles. The molecule has 2 rings (SSSR count). The zero-order chi connectivity index (χ0) is 14.7. The molecular weight excluding hydrogens is 319 g/mol. The number of nitrogens with one attached hydrogen (secondary N) is 1. The first kappa shape index (κ1) is 21.5. The van der Waals surface area contributed by atoms with E-state index in [0.29, 0.717) is 17.7 Å². The molecule has 2 N–H and O–H groups in total. The van der Waals surface area contributed by atoms with Gasteiger partial charge in [0.1, 0.15) is 5.75 Å². The number of hydrogen-bond acceptors (Lipinski definition) is 3. The molecule has 1 aliphatic rings. The molecule has 0 spiro atoms.